The molecule has 96 heavy (non-hydrogen) atoms. The van der Waals surface area contributed by atoms with Crippen molar-refractivity contribution in [2.75, 3.05) is 39.6 Å². The second-order valence-electron chi connectivity index (χ2n) is 32.2. The molecule has 0 saturated carbocycles. The molecule has 8 atom stereocenters. The first-order valence-corrected chi connectivity index (χ1v) is 49.1. The lowest BCUT2D eigenvalue weighted by Gasteiger charge is -2.39. The number of ether oxygens (including phenoxy) is 8. The highest BCUT2D eigenvalue weighted by atomic mass is 79.9. The predicted octanol–water partition coefficient (Wildman–Crippen LogP) is 16.9. The zero-order valence-electron chi connectivity index (χ0n) is 60.1. The molecule has 4 aromatic heterocycles. The summed E-state index contributed by atoms with van der Waals surface area (Å²) >= 11 is 27.3. The largest absolute Gasteiger partial charge is 0.494 e. The molecule has 530 valence electrons. The van der Waals surface area contributed by atoms with E-state index in [1.54, 1.807) is 6.92 Å². The number of hydrogen-bond donors (Lipinski definition) is 0. The second-order valence-corrected chi connectivity index (χ2v) is 56.3. The summed E-state index contributed by atoms with van der Waals surface area (Å²) in [6, 6.07) is 22.6. The van der Waals surface area contributed by atoms with Gasteiger partial charge in [0.05, 0.1) is 82.3 Å². The highest BCUT2D eigenvalue weighted by molar-refractivity contribution is 9.10. The molecule has 18 nitrogen and oxygen atoms in total. The van der Waals surface area contributed by atoms with Gasteiger partial charge in [-0.3, -0.25) is 9.13 Å². The van der Waals surface area contributed by atoms with E-state index in [1.807, 2.05) is 69.8 Å². The van der Waals surface area contributed by atoms with Gasteiger partial charge >= 0.3 is 19.1 Å². The van der Waals surface area contributed by atoms with E-state index >= 15 is 0 Å². The van der Waals surface area contributed by atoms with E-state index in [0.717, 1.165) is 44.2 Å². The lowest BCUT2D eigenvalue weighted by atomic mass is 9.79. The van der Waals surface area contributed by atoms with Crippen molar-refractivity contribution in [3.8, 4) is 34.5 Å². The van der Waals surface area contributed by atoms with E-state index < -0.39 is 51.1 Å². The molecule has 0 amide bonds. The van der Waals surface area contributed by atoms with Gasteiger partial charge < -0.3 is 56.1 Å². The van der Waals surface area contributed by atoms with E-state index in [2.05, 4.69) is 151 Å². The van der Waals surface area contributed by atoms with Crippen LogP contribution in [0.4, 0.5) is 0 Å². The van der Waals surface area contributed by atoms with Crippen LogP contribution in [0.1, 0.15) is 76.2 Å². The molecule has 5 fully saturated rings. The summed E-state index contributed by atoms with van der Waals surface area (Å²) in [4.78, 5) is 19.3. The SMILES string of the molecule is CC(C)(C)[Si](C)(C)O[C@@H]1CO[C@H]2[C@@H]1OC[C@H]2Oc1nc2nc(-c3ccc(Br)cc3)c(Cl)cc2n1COCC[Si](C)(C)C.CC(Cl)Cl.CC1(C)OB(c2ccc(-c3nc4nc(O[C@@H]5CO[C@H]6[C@@H]5OC[C@H]6O[Si](C)(C)C(C)(C)C)n(COCC[Si](C)(C)C)c4cc3Cl)cc2)OC1(C)C. The number of aromatic nitrogens is 6. The van der Waals surface area contributed by atoms with Gasteiger partial charge in [0.25, 0.3) is 0 Å². The van der Waals surface area contributed by atoms with Crippen LogP contribution in [-0.2, 0) is 60.0 Å². The maximum atomic E-state index is 6.95. The summed E-state index contributed by atoms with van der Waals surface area (Å²) in [5.41, 5.74) is 5.72. The molecule has 28 heteroatoms. The average Bonchev–Trinajstić information content (AvgIpc) is 1.61. The Kier molecular flexibility index (Phi) is 24.6. The van der Waals surface area contributed by atoms with Crippen LogP contribution in [0.25, 0.3) is 44.8 Å². The smallest absolute Gasteiger partial charge is 0.456 e. The van der Waals surface area contributed by atoms with E-state index in [0.29, 0.717) is 84.4 Å². The number of nitrogens with zero attached hydrogens (tertiary/aromatic N) is 6. The molecule has 5 aliphatic heterocycles. The maximum absolute atomic E-state index is 6.95. The zero-order chi connectivity index (χ0) is 70.5. The number of pyridine rings is 2. The third-order valence-electron chi connectivity index (χ3n) is 19.5. The fraction of sp³-hybridized carbons (Fsp3) is 0.647. The van der Waals surface area contributed by atoms with Crippen LogP contribution in [0.2, 0.25) is 97.7 Å². The predicted molar refractivity (Wildman–Crippen MR) is 401 cm³/mol. The summed E-state index contributed by atoms with van der Waals surface area (Å²) < 4.78 is 81.3. The Morgan fingerprint density at radius 3 is 1.23 bits per heavy atom. The third-order valence-corrected chi connectivity index (χ3v) is 33.0. The summed E-state index contributed by atoms with van der Waals surface area (Å²) in [5, 5.41) is 1.23. The Hall–Kier alpha value is -2.55. The fourth-order valence-corrected chi connectivity index (χ4v) is 15.9. The van der Waals surface area contributed by atoms with Crippen LogP contribution in [0.3, 0.4) is 0 Å². The van der Waals surface area contributed by atoms with Crippen LogP contribution in [0.15, 0.2) is 65.1 Å². The number of hydrogen-bond acceptors (Lipinski definition) is 16. The van der Waals surface area contributed by atoms with E-state index in [-0.39, 0.29) is 77.2 Å². The van der Waals surface area contributed by atoms with Gasteiger partial charge in [0, 0.05) is 45.0 Å². The molecule has 0 spiro atoms. The third kappa shape index (κ3) is 18.6. The highest BCUT2D eigenvalue weighted by Crippen LogP contribution is 2.44. The molecule has 9 heterocycles. The monoisotopic (exact) mass is 1540 g/mol. The number of halogens is 5. The number of imidazole rings is 2. The number of alkyl halides is 2. The van der Waals surface area contributed by atoms with Crippen molar-refractivity contribution in [1.82, 2.24) is 29.1 Å². The van der Waals surface area contributed by atoms with Crippen LogP contribution in [0, 0.1) is 0 Å². The molecule has 5 aliphatic rings. The first-order chi connectivity index (χ1) is 44.5. The van der Waals surface area contributed by atoms with Crippen molar-refractivity contribution in [2.45, 2.75) is 242 Å². The normalized spacial score (nSPS) is 23.6. The summed E-state index contributed by atoms with van der Waals surface area (Å²) in [5.74, 6) is 0. The summed E-state index contributed by atoms with van der Waals surface area (Å²) in [7, 11) is -6.98. The zero-order valence-corrected chi connectivity index (χ0v) is 68.7. The van der Waals surface area contributed by atoms with Crippen LogP contribution < -0.4 is 14.9 Å². The Balaban J connectivity index is 0.000000216. The van der Waals surface area contributed by atoms with Crippen LogP contribution >= 0.6 is 62.3 Å². The van der Waals surface area contributed by atoms with Gasteiger partial charge in [-0.25, -0.2) is 9.97 Å². The highest BCUT2D eigenvalue weighted by Gasteiger charge is 2.55. The first-order valence-electron chi connectivity index (χ1n) is 33.5. The molecule has 0 bridgehead atoms. The van der Waals surface area contributed by atoms with Gasteiger partial charge in [-0.1, -0.05) is 156 Å². The number of rotatable bonds is 21. The van der Waals surface area contributed by atoms with Crippen molar-refractivity contribution in [1.29, 1.82) is 0 Å². The Bertz CT molecular complexity index is 3600. The Morgan fingerprint density at radius 2 is 0.885 bits per heavy atom. The molecular weight excluding hydrogens is 1440 g/mol. The summed E-state index contributed by atoms with van der Waals surface area (Å²) in [6.07, 6.45) is -1.80. The van der Waals surface area contributed by atoms with Gasteiger partial charge in [-0.05, 0) is 113 Å². The van der Waals surface area contributed by atoms with Crippen molar-refractivity contribution in [3.05, 3.63) is 75.2 Å². The molecule has 11 rings (SSSR count). The number of fused-ring (bicyclic) bond motifs is 4. The molecule has 0 radical (unpaired) electrons. The lowest BCUT2D eigenvalue weighted by Crippen LogP contribution is -2.47. The second kappa shape index (κ2) is 30.4. The van der Waals surface area contributed by atoms with Crippen LogP contribution in [0.5, 0.6) is 12.0 Å². The van der Waals surface area contributed by atoms with Crippen molar-refractivity contribution < 1.29 is 56.1 Å². The van der Waals surface area contributed by atoms with E-state index in [4.69, 9.17) is 122 Å². The minimum Gasteiger partial charge on any atom is -0.456 e. The van der Waals surface area contributed by atoms with Gasteiger partial charge in [-0.2, -0.15) is 9.97 Å². The van der Waals surface area contributed by atoms with Gasteiger partial charge in [0.1, 0.15) is 42.7 Å². The Morgan fingerprint density at radius 1 is 0.552 bits per heavy atom. The number of benzene rings is 2. The van der Waals surface area contributed by atoms with Crippen molar-refractivity contribution >= 4 is 130 Å². The molecule has 6 aromatic rings. The molecular formula is C68H102BBrCl4N6O12Si4. The fourth-order valence-electron chi connectivity index (χ4n) is 10.9. The van der Waals surface area contributed by atoms with Crippen molar-refractivity contribution in [3.63, 3.8) is 0 Å². The molecule has 0 aliphatic carbocycles. The first kappa shape index (κ1) is 77.6. The molecule has 0 N–H and O–H groups in total. The molecule has 5 saturated heterocycles. The van der Waals surface area contributed by atoms with Crippen LogP contribution in [-0.4, -0.2) is 173 Å². The minimum absolute atomic E-state index is 0.0856. The topological polar surface area (TPSA) is 172 Å². The minimum atomic E-state index is -2.01. The Labute approximate surface area is 602 Å². The standard InChI is InChI=1S/C36H55BClN3O7Si2.C30H43BrClN3O5Si2.C2H4Cl2/c1-34(2,3)50(11,12)46-28-21-44-30-27(20-43-31(28)30)45-33-40-32-26(41(33)22-42-17-18-49(8,9)10)19-25(38)29(39-32)23-13-15-24(16-14-23)37-47-35(4,5)36(6,7)48-37;1-30(2,3)42(7,8)40-24-17-38-26-23(16-37-27(24)26)39-29-34-28-22(35(29)18-36-13-14-41(4,5)6)15-21(32)25(33-28)19-9-11-20(31)12-10-19;1-2(3)4/h13-16,19,27-28,30-31H,17-18,20-22H2,1-12H3;9-12,15,23-24,26-27H,13-14,16-18H2,1-8H3;2H,1H3/t27-,28-,30-,31-;23-,24-,26-,27-;/m11./s1. The van der Waals surface area contributed by atoms with E-state index in [1.165, 1.54) is 0 Å². The lowest BCUT2D eigenvalue weighted by molar-refractivity contribution is 0.00578. The van der Waals surface area contributed by atoms with Crippen molar-refractivity contribution in [2.24, 2.45) is 0 Å². The molecule has 2 aromatic carbocycles. The van der Waals surface area contributed by atoms with Gasteiger partial charge in [0.15, 0.2) is 40.1 Å². The quantitative estimate of drug-likeness (QED) is 0.0378. The van der Waals surface area contributed by atoms with Gasteiger partial charge in [-0.15, -0.1) is 23.2 Å². The van der Waals surface area contributed by atoms with Gasteiger partial charge in [0.2, 0.25) is 0 Å². The molecule has 0 unspecified atom stereocenters. The summed E-state index contributed by atoms with van der Waals surface area (Å²) in [6.45, 7) is 50.0. The van der Waals surface area contributed by atoms with E-state index in [9.17, 15) is 0 Å². The average molecular weight is 1540 g/mol. The maximum Gasteiger partial charge on any atom is 0.494 e.